The first kappa shape index (κ1) is 20.5. The minimum absolute atomic E-state index is 0.148. The van der Waals surface area contributed by atoms with Crippen molar-refractivity contribution in [3.63, 3.8) is 0 Å². The molecular weight excluding hydrogens is 416 g/mol. The lowest BCUT2D eigenvalue weighted by atomic mass is 10.1. The molecular formula is C20H19ClN2O3S2. The van der Waals surface area contributed by atoms with Crippen LogP contribution in [0.2, 0.25) is 5.02 Å². The molecule has 0 aliphatic heterocycles. The van der Waals surface area contributed by atoms with Crippen LogP contribution in [0.15, 0.2) is 58.8 Å². The third-order valence-electron chi connectivity index (χ3n) is 4.18. The maximum atomic E-state index is 12.3. The van der Waals surface area contributed by atoms with Gasteiger partial charge in [0.05, 0.1) is 16.3 Å². The summed E-state index contributed by atoms with van der Waals surface area (Å²) < 4.78 is 24.6. The van der Waals surface area contributed by atoms with E-state index >= 15 is 0 Å². The van der Waals surface area contributed by atoms with Crippen LogP contribution in [0.5, 0.6) is 0 Å². The average Bonchev–Trinajstić information content (AvgIpc) is 3.15. The maximum absolute atomic E-state index is 12.3. The zero-order valence-corrected chi connectivity index (χ0v) is 17.6. The van der Waals surface area contributed by atoms with Crippen molar-refractivity contribution in [2.45, 2.75) is 24.7 Å². The second-order valence-electron chi connectivity index (χ2n) is 6.16. The predicted octanol–water partition coefficient (Wildman–Crippen LogP) is 4.83. The van der Waals surface area contributed by atoms with Crippen LogP contribution in [-0.2, 0) is 21.1 Å². The average molecular weight is 435 g/mol. The second kappa shape index (κ2) is 8.86. The van der Waals surface area contributed by atoms with Gasteiger partial charge in [-0.05, 0) is 36.2 Å². The fourth-order valence-electron chi connectivity index (χ4n) is 2.54. The fourth-order valence-corrected chi connectivity index (χ4v) is 4.65. The molecule has 0 aliphatic rings. The van der Waals surface area contributed by atoms with Crippen molar-refractivity contribution in [3.8, 4) is 11.3 Å². The quantitative estimate of drug-likeness (QED) is 0.577. The molecule has 2 aromatic carbocycles. The second-order valence-corrected chi connectivity index (χ2v) is 9.56. The molecule has 146 valence electrons. The van der Waals surface area contributed by atoms with E-state index in [2.05, 4.69) is 29.4 Å². The van der Waals surface area contributed by atoms with Gasteiger partial charge >= 0.3 is 0 Å². The van der Waals surface area contributed by atoms with Gasteiger partial charge in [-0.25, -0.2) is 13.4 Å². The largest absolute Gasteiger partial charge is 0.302 e. The molecule has 0 unspecified atom stereocenters. The standard InChI is InChI=1S/C20H19ClN2O3S2/c1-2-14-3-5-15(6-4-14)18-13-27-20(22-18)23-19(24)11-12-28(25,26)17-9-7-16(21)8-10-17/h3-10,13H,2,11-12H2,1H3,(H,22,23,24). The van der Waals surface area contributed by atoms with Crippen LogP contribution in [0.3, 0.4) is 0 Å². The highest BCUT2D eigenvalue weighted by molar-refractivity contribution is 7.91. The van der Waals surface area contributed by atoms with Gasteiger partial charge < -0.3 is 5.32 Å². The zero-order chi connectivity index (χ0) is 20.1. The lowest BCUT2D eigenvalue weighted by Crippen LogP contribution is -2.17. The first-order valence-electron chi connectivity index (χ1n) is 8.70. The number of sulfone groups is 1. The van der Waals surface area contributed by atoms with E-state index in [0.717, 1.165) is 17.7 Å². The normalized spacial score (nSPS) is 11.4. The number of hydrogen-bond acceptors (Lipinski definition) is 5. The van der Waals surface area contributed by atoms with Gasteiger partial charge in [-0.1, -0.05) is 42.8 Å². The van der Waals surface area contributed by atoms with Gasteiger partial charge in [-0.3, -0.25) is 4.79 Å². The number of carbonyl (C=O) groups excluding carboxylic acids is 1. The SMILES string of the molecule is CCc1ccc(-c2csc(NC(=O)CCS(=O)(=O)c3ccc(Cl)cc3)n2)cc1. The number of aryl methyl sites for hydroxylation is 1. The van der Waals surface area contributed by atoms with Crippen molar-refractivity contribution < 1.29 is 13.2 Å². The summed E-state index contributed by atoms with van der Waals surface area (Å²) in [6.45, 7) is 2.10. The number of aromatic nitrogens is 1. The molecule has 0 bridgehead atoms. The van der Waals surface area contributed by atoms with Gasteiger partial charge in [0.25, 0.3) is 0 Å². The Morgan fingerprint density at radius 2 is 1.79 bits per heavy atom. The van der Waals surface area contributed by atoms with Crippen molar-refractivity contribution in [2.24, 2.45) is 0 Å². The minimum atomic E-state index is -3.55. The van der Waals surface area contributed by atoms with Crippen molar-refractivity contribution in [2.75, 3.05) is 11.1 Å². The van der Waals surface area contributed by atoms with Gasteiger partial charge in [0.2, 0.25) is 5.91 Å². The van der Waals surface area contributed by atoms with Crippen LogP contribution in [0.25, 0.3) is 11.3 Å². The van der Waals surface area contributed by atoms with Crippen molar-refractivity contribution in [1.29, 1.82) is 0 Å². The first-order chi connectivity index (χ1) is 13.4. The molecule has 1 amide bonds. The summed E-state index contributed by atoms with van der Waals surface area (Å²) in [5.74, 6) is -0.670. The Balaban J connectivity index is 1.59. The molecule has 3 rings (SSSR count). The van der Waals surface area contributed by atoms with Crippen LogP contribution in [0, 0.1) is 0 Å². The summed E-state index contributed by atoms with van der Waals surface area (Å²) in [5, 5.41) is 5.44. The monoisotopic (exact) mass is 434 g/mol. The number of anilines is 1. The third-order valence-corrected chi connectivity index (χ3v) is 6.92. The van der Waals surface area contributed by atoms with Crippen molar-refractivity contribution >= 4 is 43.8 Å². The van der Waals surface area contributed by atoms with E-state index in [1.807, 2.05) is 17.5 Å². The summed E-state index contributed by atoms with van der Waals surface area (Å²) in [6, 6.07) is 14.0. The molecule has 8 heteroatoms. The van der Waals surface area contributed by atoms with Crippen LogP contribution in [-0.4, -0.2) is 25.1 Å². The molecule has 1 aromatic heterocycles. The smallest absolute Gasteiger partial charge is 0.227 e. The number of rotatable bonds is 7. The molecule has 1 N–H and O–H groups in total. The molecule has 1 heterocycles. The zero-order valence-electron chi connectivity index (χ0n) is 15.2. The Hall–Kier alpha value is -2.22. The highest BCUT2D eigenvalue weighted by Gasteiger charge is 2.17. The topological polar surface area (TPSA) is 76.1 Å². The van der Waals surface area contributed by atoms with Crippen LogP contribution in [0.4, 0.5) is 5.13 Å². The van der Waals surface area contributed by atoms with Gasteiger partial charge in [0.15, 0.2) is 15.0 Å². The van der Waals surface area contributed by atoms with Crippen LogP contribution < -0.4 is 5.32 Å². The Bertz CT molecular complexity index is 1060. The van der Waals surface area contributed by atoms with Gasteiger partial charge in [0.1, 0.15) is 0 Å². The Morgan fingerprint density at radius 3 is 2.43 bits per heavy atom. The van der Waals surface area contributed by atoms with E-state index in [9.17, 15) is 13.2 Å². The number of thiazole rings is 1. The molecule has 0 spiro atoms. The highest BCUT2D eigenvalue weighted by atomic mass is 35.5. The van der Waals surface area contributed by atoms with Gasteiger partial charge in [-0.2, -0.15) is 0 Å². The predicted molar refractivity (Wildman–Crippen MR) is 114 cm³/mol. The molecule has 3 aromatic rings. The number of nitrogens with one attached hydrogen (secondary N) is 1. The van der Waals surface area contributed by atoms with E-state index < -0.39 is 9.84 Å². The number of benzene rings is 2. The van der Waals surface area contributed by atoms with E-state index in [4.69, 9.17) is 11.6 Å². The first-order valence-corrected chi connectivity index (χ1v) is 11.6. The Morgan fingerprint density at radius 1 is 1.11 bits per heavy atom. The molecule has 0 radical (unpaired) electrons. The minimum Gasteiger partial charge on any atom is -0.302 e. The lowest BCUT2D eigenvalue weighted by molar-refractivity contribution is -0.115. The molecule has 0 aliphatic carbocycles. The van der Waals surface area contributed by atoms with E-state index in [1.165, 1.54) is 41.2 Å². The molecule has 28 heavy (non-hydrogen) atoms. The maximum Gasteiger partial charge on any atom is 0.227 e. The Labute approximate surface area is 173 Å². The number of halogens is 1. The summed E-state index contributed by atoms with van der Waals surface area (Å²) in [7, 11) is -3.55. The van der Waals surface area contributed by atoms with E-state index in [0.29, 0.717) is 10.2 Å². The van der Waals surface area contributed by atoms with Crippen molar-refractivity contribution in [1.82, 2.24) is 4.98 Å². The number of carbonyl (C=O) groups is 1. The summed E-state index contributed by atoms with van der Waals surface area (Å²) in [6.07, 6.45) is 0.822. The Kier molecular flexibility index (Phi) is 6.49. The number of nitrogens with zero attached hydrogens (tertiary/aromatic N) is 1. The van der Waals surface area contributed by atoms with Crippen LogP contribution in [0.1, 0.15) is 18.9 Å². The summed E-state index contributed by atoms with van der Waals surface area (Å²) in [4.78, 5) is 16.7. The molecule has 0 fully saturated rings. The molecule has 0 atom stereocenters. The number of amides is 1. The highest BCUT2D eigenvalue weighted by Crippen LogP contribution is 2.25. The number of hydrogen-bond donors (Lipinski definition) is 1. The van der Waals surface area contributed by atoms with Crippen molar-refractivity contribution in [3.05, 3.63) is 64.5 Å². The van der Waals surface area contributed by atoms with Gasteiger partial charge in [-0.15, -0.1) is 11.3 Å². The van der Waals surface area contributed by atoms with Gasteiger partial charge in [0, 0.05) is 22.4 Å². The fraction of sp³-hybridized carbons (Fsp3) is 0.200. The molecule has 0 saturated carbocycles. The summed E-state index contributed by atoms with van der Waals surface area (Å²) in [5.41, 5.74) is 2.99. The van der Waals surface area contributed by atoms with Crippen LogP contribution >= 0.6 is 22.9 Å². The summed E-state index contributed by atoms with van der Waals surface area (Å²) >= 11 is 7.08. The molecule has 0 saturated heterocycles. The van der Waals surface area contributed by atoms with E-state index in [1.54, 1.807) is 0 Å². The third kappa shape index (κ3) is 5.19. The lowest BCUT2D eigenvalue weighted by Gasteiger charge is -2.05. The molecule has 5 nitrogen and oxygen atoms in total. The van der Waals surface area contributed by atoms with E-state index in [-0.39, 0.29) is 23.0 Å².